The third-order valence-corrected chi connectivity index (χ3v) is 4.65. The van der Waals surface area contributed by atoms with Gasteiger partial charge in [-0.25, -0.2) is 0 Å². The zero-order valence-electron chi connectivity index (χ0n) is 15.8. The van der Waals surface area contributed by atoms with Gasteiger partial charge in [-0.3, -0.25) is 9.59 Å². The smallest absolute Gasteiger partial charge is 0.303 e. The molecular formula is C21H22ClNO6. The summed E-state index contributed by atoms with van der Waals surface area (Å²) < 4.78 is 16.7. The summed E-state index contributed by atoms with van der Waals surface area (Å²) in [5, 5.41) is 9.86. The predicted molar refractivity (Wildman–Crippen MR) is 109 cm³/mol. The molecule has 0 radical (unpaired) electrons. The van der Waals surface area contributed by atoms with Crippen molar-refractivity contribution in [2.45, 2.75) is 12.8 Å². The number of para-hydroxylation sites is 1. The number of rotatable bonds is 8. The first-order valence-corrected chi connectivity index (χ1v) is 9.70. The van der Waals surface area contributed by atoms with Crippen LogP contribution >= 0.6 is 11.6 Å². The number of nitrogens with zero attached hydrogens (tertiary/aromatic N) is 1. The summed E-state index contributed by atoms with van der Waals surface area (Å²) in [5.41, 5.74) is 0.540. The Morgan fingerprint density at radius 2 is 2.07 bits per heavy atom. The van der Waals surface area contributed by atoms with Crippen molar-refractivity contribution in [2.24, 2.45) is 0 Å². The van der Waals surface area contributed by atoms with E-state index >= 15 is 0 Å². The molecule has 0 bridgehead atoms. The molecule has 0 unspecified atom stereocenters. The predicted octanol–water partition coefficient (Wildman–Crippen LogP) is 3.67. The molecular weight excluding hydrogens is 398 g/mol. The minimum Gasteiger partial charge on any atom is -0.490 e. The molecule has 8 heteroatoms. The molecule has 29 heavy (non-hydrogen) atoms. The number of benzene rings is 1. The molecule has 0 saturated carbocycles. The zero-order valence-corrected chi connectivity index (χ0v) is 16.6. The van der Waals surface area contributed by atoms with Gasteiger partial charge in [0, 0.05) is 31.0 Å². The van der Waals surface area contributed by atoms with Crippen molar-refractivity contribution in [1.29, 1.82) is 0 Å². The Kier molecular flexibility index (Phi) is 7.32. The van der Waals surface area contributed by atoms with E-state index in [2.05, 4.69) is 0 Å². The number of carbonyl (C=O) groups is 2. The molecule has 1 aromatic heterocycles. The van der Waals surface area contributed by atoms with E-state index in [1.54, 1.807) is 29.2 Å². The number of morpholine rings is 1. The van der Waals surface area contributed by atoms with Gasteiger partial charge in [-0.05, 0) is 24.6 Å². The van der Waals surface area contributed by atoms with E-state index in [0.29, 0.717) is 54.8 Å². The molecule has 3 rings (SSSR count). The molecule has 1 amide bonds. The van der Waals surface area contributed by atoms with E-state index in [4.69, 9.17) is 30.6 Å². The van der Waals surface area contributed by atoms with Gasteiger partial charge in [-0.2, -0.15) is 0 Å². The second-order valence-corrected chi connectivity index (χ2v) is 6.85. The van der Waals surface area contributed by atoms with Crippen molar-refractivity contribution in [3.8, 4) is 5.75 Å². The van der Waals surface area contributed by atoms with Crippen LogP contribution in [0.3, 0.4) is 0 Å². The highest BCUT2D eigenvalue weighted by atomic mass is 35.5. The van der Waals surface area contributed by atoms with Gasteiger partial charge in [0.2, 0.25) is 5.91 Å². The van der Waals surface area contributed by atoms with Crippen LogP contribution in [0.4, 0.5) is 0 Å². The lowest BCUT2D eigenvalue weighted by Crippen LogP contribution is -2.39. The summed E-state index contributed by atoms with van der Waals surface area (Å²) in [6, 6.07) is 7.24. The first-order valence-electron chi connectivity index (χ1n) is 9.32. The summed E-state index contributed by atoms with van der Waals surface area (Å²) in [6.45, 7) is 2.54. The van der Waals surface area contributed by atoms with E-state index in [1.165, 1.54) is 6.08 Å². The van der Waals surface area contributed by atoms with Crippen LogP contribution in [-0.2, 0) is 14.3 Å². The quantitative estimate of drug-likeness (QED) is 0.399. The van der Waals surface area contributed by atoms with Crippen LogP contribution in [0.1, 0.15) is 18.6 Å². The topological polar surface area (TPSA) is 89.2 Å². The van der Waals surface area contributed by atoms with E-state index in [-0.39, 0.29) is 18.9 Å². The van der Waals surface area contributed by atoms with Crippen LogP contribution in [-0.4, -0.2) is 54.8 Å². The third kappa shape index (κ3) is 5.85. The Labute approximate surface area is 173 Å². The molecule has 7 nitrogen and oxygen atoms in total. The Morgan fingerprint density at radius 1 is 1.28 bits per heavy atom. The minimum absolute atomic E-state index is 0.0451. The fourth-order valence-electron chi connectivity index (χ4n) is 2.86. The lowest BCUT2D eigenvalue weighted by atomic mass is 10.2. The van der Waals surface area contributed by atoms with Gasteiger partial charge >= 0.3 is 5.97 Å². The van der Waals surface area contributed by atoms with Gasteiger partial charge in [0.15, 0.2) is 11.3 Å². The standard InChI is InChI=1S/C21H22ClNO6/c22-16(5-2-7-19(24)23-9-12-27-13-10-23)18-14-15-4-1-6-17(21(15)29-18)28-11-3-8-20(25)26/h1-2,4-7,14H,3,8-13H2,(H,25,26)/b7-2-,16-5+. The zero-order chi connectivity index (χ0) is 20.6. The number of furan rings is 1. The number of aliphatic carboxylic acids is 1. The molecule has 1 fully saturated rings. The average Bonchev–Trinajstić information content (AvgIpc) is 3.17. The van der Waals surface area contributed by atoms with Gasteiger partial charge < -0.3 is 23.9 Å². The second kappa shape index (κ2) is 10.1. The molecule has 0 spiro atoms. The minimum atomic E-state index is -0.857. The number of carboxylic acid groups (broad SMARTS) is 1. The van der Waals surface area contributed by atoms with Crippen molar-refractivity contribution >= 4 is 39.5 Å². The first-order chi connectivity index (χ1) is 14.0. The molecule has 0 atom stereocenters. The van der Waals surface area contributed by atoms with Crippen molar-refractivity contribution in [3.05, 3.63) is 48.3 Å². The summed E-state index contributed by atoms with van der Waals surface area (Å²) in [6.07, 6.45) is 5.11. The van der Waals surface area contributed by atoms with E-state index in [0.717, 1.165) is 5.39 Å². The molecule has 1 aliphatic heterocycles. The summed E-state index contributed by atoms with van der Waals surface area (Å²) >= 11 is 6.33. The molecule has 2 heterocycles. The number of ether oxygens (including phenoxy) is 2. The number of amides is 1. The highest BCUT2D eigenvalue weighted by molar-refractivity contribution is 6.48. The maximum absolute atomic E-state index is 12.1. The largest absolute Gasteiger partial charge is 0.490 e. The molecule has 154 valence electrons. The number of carboxylic acids is 1. The first kappa shape index (κ1) is 21.0. The maximum Gasteiger partial charge on any atom is 0.303 e. The van der Waals surface area contributed by atoms with Crippen molar-refractivity contribution in [1.82, 2.24) is 4.90 Å². The van der Waals surface area contributed by atoms with Gasteiger partial charge in [-0.1, -0.05) is 29.8 Å². The van der Waals surface area contributed by atoms with Crippen LogP contribution in [0.15, 0.2) is 46.9 Å². The number of fused-ring (bicyclic) bond motifs is 1. The SMILES string of the molecule is O=C(O)CCCOc1cccc2cc(/C(Cl)=C\C=C/C(=O)N3CCOCC3)oc12. The summed E-state index contributed by atoms with van der Waals surface area (Å²) in [7, 11) is 0. The van der Waals surface area contributed by atoms with Gasteiger partial charge in [0.05, 0.1) is 24.9 Å². The Hall–Kier alpha value is -2.77. The average molecular weight is 420 g/mol. The van der Waals surface area contributed by atoms with E-state index in [9.17, 15) is 9.59 Å². The number of hydrogen-bond acceptors (Lipinski definition) is 5. The van der Waals surface area contributed by atoms with Gasteiger partial charge in [0.1, 0.15) is 5.76 Å². The second-order valence-electron chi connectivity index (χ2n) is 6.44. The summed E-state index contributed by atoms with van der Waals surface area (Å²) in [5.74, 6) is 0.0354. The number of hydrogen-bond donors (Lipinski definition) is 1. The van der Waals surface area contributed by atoms with Crippen LogP contribution in [0, 0.1) is 0 Å². The van der Waals surface area contributed by atoms with Crippen LogP contribution in [0.25, 0.3) is 16.0 Å². The highest BCUT2D eigenvalue weighted by Gasteiger charge is 2.14. The number of carbonyl (C=O) groups excluding carboxylic acids is 1. The molecule has 0 aliphatic carbocycles. The lowest BCUT2D eigenvalue weighted by molar-refractivity contribution is -0.137. The van der Waals surface area contributed by atoms with Crippen LogP contribution in [0.2, 0.25) is 0 Å². The molecule has 1 aliphatic rings. The molecule has 1 saturated heterocycles. The van der Waals surface area contributed by atoms with Gasteiger partial charge in [0.25, 0.3) is 0 Å². The number of allylic oxidation sites excluding steroid dienone is 2. The fraction of sp³-hybridized carbons (Fsp3) is 0.333. The number of halogens is 1. The molecule has 1 N–H and O–H groups in total. The van der Waals surface area contributed by atoms with E-state index in [1.807, 2.05) is 12.1 Å². The Bertz CT molecular complexity index is 926. The summed E-state index contributed by atoms with van der Waals surface area (Å²) in [4.78, 5) is 24.4. The Morgan fingerprint density at radius 3 is 2.83 bits per heavy atom. The molecule has 1 aromatic carbocycles. The fourth-order valence-corrected chi connectivity index (χ4v) is 3.03. The Balaban J connectivity index is 1.66. The van der Waals surface area contributed by atoms with Gasteiger partial charge in [-0.15, -0.1) is 0 Å². The highest BCUT2D eigenvalue weighted by Crippen LogP contribution is 2.32. The lowest BCUT2D eigenvalue weighted by Gasteiger charge is -2.25. The third-order valence-electron chi connectivity index (χ3n) is 4.34. The maximum atomic E-state index is 12.1. The van der Waals surface area contributed by atoms with Crippen LogP contribution in [0.5, 0.6) is 5.75 Å². The monoisotopic (exact) mass is 419 g/mol. The van der Waals surface area contributed by atoms with E-state index < -0.39 is 5.97 Å². The van der Waals surface area contributed by atoms with Crippen molar-refractivity contribution in [3.63, 3.8) is 0 Å². The van der Waals surface area contributed by atoms with Crippen molar-refractivity contribution < 1.29 is 28.6 Å². The van der Waals surface area contributed by atoms with Crippen LogP contribution < -0.4 is 4.74 Å². The van der Waals surface area contributed by atoms with Crippen molar-refractivity contribution in [2.75, 3.05) is 32.9 Å². The normalized spacial score (nSPS) is 15.2. The molecule has 2 aromatic rings.